The van der Waals surface area contributed by atoms with E-state index in [1.54, 1.807) is 0 Å². The van der Waals surface area contributed by atoms with Crippen LogP contribution in [-0.4, -0.2) is 52.3 Å². The molecule has 4 heteroatoms. The molecule has 0 aromatic heterocycles. The quantitative estimate of drug-likeness (QED) is 0.731. The maximum absolute atomic E-state index is 12.2. The Morgan fingerprint density at radius 1 is 1.12 bits per heavy atom. The van der Waals surface area contributed by atoms with Crippen molar-refractivity contribution in [2.75, 3.05) is 26.2 Å². The van der Waals surface area contributed by atoms with Crippen LogP contribution in [0.15, 0.2) is 0 Å². The van der Waals surface area contributed by atoms with Crippen molar-refractivity contribution in [3.05, 3.63) is 0 Å². The van der Waals surface area contributed by atoms with E-state index in [0.29, 0.717) is 5.92 Å². The third-order valence-electron chi connectivity index (χ3n) is 3.36. The number of alkyl halides is 1. The highest BCUT2D eigenvalue weighted by molar-refractivity contribution is 9.10. The monoisotopic (exact) mass is 304 g/mol. The normalized spacial score (nSPS) is 20.8. The first kappa shape index (κ1) is 15.0. The maximum Gasteiger partial charge on any atom is 0.236 e. The van der Waals surface area contributed by atoms with E-state index in [4.69, 9.17) is 0 Å². The van der Waals surface area contributed by atoms with Gasteiger partial charge in [-0.25, -0.2) is 0 Å². The van der Waals surface area contributed by atoms with Crippen molar-refractivity contribution in [3.63, 3.8) is 0 Å². The number of hydrogen-bond donors (Lipinski definition) is 0. The summed E-state index contributed by atoms with van der Waals surface area (Å²) < 4.78 is 0. The molecular formula is C13H25BrN2O. The molecule has 0 N–H and O–H groups in total. The molecule has 17 heavy (non-hydrogen) atoms. The second kappa shape index (κ2) is 5.70. The number of nitrogens with zero attached hydrogens (tertiary/aromatic N) is 2. The van der Waals surface area contributed by atoms with E-state index in [9.17, 15) is 4.79 Å². The Labute approximate surface area is 114 Å². The zero-order valence-electron chi connectivity index (χ0n) is 11.7. The van der Waals surface area contributed by atoms with E-state index in [0.717, 1.165) is 26.2 Å². The molecule has 1 heterocycles. The van der Waals surface area contributed by atoms with E-state index in [-0.39, 0.29) is 16.3 Å². The van der Waals surface area contributed by atoms with Crippen molar-refractivity contribution in [2.24, 2.45) is 5.92 Å². The fraction of sp³-hybridized carbons (Fsp3) is 0.923. The lowest BCUT2D eigenvalue weighted by atomic mass is 10.0. The molecule has 1 atom stereocenters. The SMILES string of the molecule is CC(C)C(Br)C(=O)N1CCN(C(C)(C)C)CC1. The van der Waals surface area contributed by atoms with Gasteiger partial charge in [0.2, 0.25) is 5.91 Å². The summed E-state index contributed by atoms with van der Waals surface area (Å²) in [6.07, 6.45) is 0. The van der Waals surface area contributed by atoms with Gasteiger partial charge in [-0.1, -0.05) is 29.8 Å². The van der Waals surface area contributed by atoms with Gasteiger partial charge in [-0.3, -0.25) is 9.69 Å². The van der Waals surface area contributed by atoms with Crippen LogP contribution in [0.2, 0.25) is 0 Å². The summed E-state index contributed by atoms with van der Waals surface area (Å²) in [5, 5.41) is 0. The summed E-state index contributed by atoms with van der Waals surface area (Å²) in [6.45, 7) is 14.5. The number of halogens is 1. The fourth-order valence-electron chi connectivity index (χ4n) is 2.06. The zero-order valence-corrected chi connectivity index (χ0v) is 13.2. The maximum atomic E-state index is 12.2. The van der Waals surface area contributed by atoms with Gasteiger partial charge < -0.3 is 4.90 Å². The highest BCUT2D eigenvalue weighted by Gasteiger charge is 2.30. The van der Waals surface area contributed by atoms with Gasteiger partial charge in [0.1, 0.15) is 0 Å². The molecule has 1 aliphatic heterocycles. The topological polar surface area (TPSA) is 23.6 Å². The van der Waals surface area contributed by atoms with Crippen molar-refractivity contribution in [3.8, 4) is 0 Å². The van der Waals surface area contributed by atoms with Gasteiger partial charge in [-0.2, -0.15) is 0 Å². The van der Waals surface area contributed by atoms with Crippen LogP contribution < -0.4 is 0 Å². The Hall–Kier alpha value is -0.0900. The van der Waals surface area contributed by atoms with Gasteiger partial charge in [0, 0.05) is 31.7 Å². The molecule has 0 aromatic rings. The predicted molar refractivity (Wildman–Crippen MR) is 75.5 cm³/mol. The Bertz CT molecular complexity index is 265. The Balaban J connectivity index is 2.50. The summed E-state index contributed by atoms with van der Waals surface area (Å²) in [7, 11) is 0. The lowest BCUT2D eigenvalue weighted by molar-refractivity contribution is -0.133. The van der Waals surface area contributed by atoms with Crippen LogP contribution >= 0.6 is 15.9 Å². The summed E-state index contributed by atoms with van der Waals surface area (Å²) in [5.74, 6) is 0.594. The van der Waals surface area contributed by atoms with Crippen molar-refractivity contribution in [2.45, 2.75) is 45.0 Å². The summed E-state index contributed by atoms with van der Waals surface area (Å²) in [4.78, 5) is 16.5. The molecule has 3 nitrogen and oxygen atoms in total. The summed E-state index contributed by atoms with van der Waals surface area (Å²) in [5.41, 5.74) is 0.209. The van der Waals surface area contributed by atoms with Crippen LogP contribution in [0.25, 0.3) is 0 Å². The van der Waals surface area contributed by atoms with Gasteiger partial charge in [0.15, 0.2) is 0 Å². The number of amides is 1. The van der Waals surface area contributed by atoms with E-state index >= 15 is 0 Å². The molecular weight excluding hydrogens is 280 g/mol. The van der Waals surface area contributed by atoms with E-state index in [2.05, 4.69) is 55.4 Å². The first-order valence-electron chi connectivity index (χ1n) is 6.41. The van der Waals surface area contributed by atoms with Gasteiger partial charge in [-0.05, 0) is 26.7 Å². The lowest BCUT2D eigenvalue weighted by Gasteiger charge is -2.42. The Morgan fingerprint density at radius 3 is 1.94 bits per heavy atom. The second-order valence-electron chi connectivity index (χ2n) is 6.13. The van der Waals surface area contributed by atoms with Crippen molar-refractivity contribution < 1.29 is 4.79 Å². The first-order valence-corrected chi connectivity index (χ1v) is 7.33. The first-order chi connectivity index (χ1) is 7.73. The highest BCUT2D eigenvalue weighted by atomic mass is 79.9. The number of carbonyl (C=O) groups is 1. The smallest absolute Gasteiger partial charge is 0.236 e. The third kappa shape index (κ3) is 3.95. The van der Waals surface area contributed by atoms with Gasteiger partial charge >= 0.3 is 0 Å². The molecule has 1 amide bonds. The molecule has 0 aliphatic carbocycles. The van der Waals surface area contributed by atoms with Crippen LogP contribution in [0.1, 0.15) is 34.6 Å². The lowest BCUT2D eigenvalue weighted by Crippen LogP contribution is -2.56. The molecule has 0 saturated carbocycles. The summed E-state index contributed by atoms with van der Waals surface area (Å²) >= 11 is 3.49. The highest BCUT2D eigenvalue weighted by Crippen LogP contribution is 2.19. The van der Waals surface area contributed by atoms with Gasteiger partial charge in [0.25, 0.3) is 0 Å². The van der Waals surface area contributed by atoms with Crippen molar-refractivity contribution in [1.29, 1.82) is 0 Å². The molecule has 1 rings (SSSR count). The molecule has 1 saturated heterocycles. The van der Waals surface area contributed by atoms with E-state index in [1.165, 1.54) is 0 Å². The average Bonchev–Trinajstić information content (AvgIpc) is 2.26. The summed E-state index contributed by atoms with van der Waals surface area (Å²) in [6, 6.07) is 0. The minimum Gasteiger partial charge on any atom is -0.339 e. The molecule has 1 fully saturated rings. The largest absolute Gasteiger partial charge is 0.339 e. The van der Waals surface area contributed by atoms with Gasteiger partial charge in [-0.15, -0.1) is 0 Å². The van der Waals surface area contributed by atoms with E-state index in [1.807, 2.05) is 4.90 Å². The zero-order chi connectivity index (χ0) is 13.2. The molecule has 100 valence electrons. The minimum atomic E-state index is -0.0383. The van der Waals surface area contributed by atoms with Gasteiger partial charge in [0.05, 0.1) is 4.83 Å². The number of carbonyl (C=O) groups excluding carboxylic acids is 1. The van der Waals surface area contributed by atoms with Crippen molar-refractivity contribution >= 4 is 21.8 Å². The molecule has 1 unspecified atom stereocenters. The van der Waals surface area contributed by atoms with Crippen molar-refractivity contribution in [1.82, 2.24) is 9.80 Å². The van der Waals surface area contributed by atoms with E-state index < -0.39 is 0 Å². The minimum absolute atomic E-state index is 0.0383. The van der Waals surface area contributed by atoms with Crippen LogP contribution in [-0.2, 0) is 4.79 Å². The van der Waals surface area contributed by atoms with Crippen LogP contribution in [0, 0.1) is 5.92 Å². The molecule has 0 bridgehead atoms. The molecule has 1 aliphatic rings. The molecule has 0 radical (unpaired) electrons. The molecule has 0 spiro atoms. The van der Waals surface area contributed by atoms with Crippen LogP contribution in [0.5, 0.6) is 0 Å². The Kier molecular flexibility index (Phi) is 5.02. The second-order valence-corrected chi connectivity index (χ2v) is 7.12. The number of rotatable bonds is 2. The van der Waals surface area contributed by atoms with Crippen LogP contribution in [0.3, 0.4) is 0 Å². The predicted octanol–water partition coefficient (Wildman–Crippen LogP) is 2.35. The standard InChI is InChI=1S/C13H25BrN2O/c1-10(2)11(14)12(17)15-6-8-16(9-7-15)13(3,4)5/h10-11H,6-9H2,1-5H3. The average molecular weight is 305 g/mol. The third-order valence-corrected chi connectivity index (χ3v) is 4.81. The molecule has 0 aromatic carbocycles. The number of piperazine rings is 1. The fourth-order valence-corrected chi connectivity index (χ4v) is 2.35. The number of hydrogen-bond acceptors (Lipinski definition) is 2. The van der Waals surface area contributed by atoms with Crippen LogP contribution in [0.4, 0.5) is 0 Å². The Morgan fingerprint density at radius 2 is 1.59 bits per heavy atom.